The minimum Gasteiger partial charge on any atom is -0.368 e. The van der Waals surface area contributed by atoms with Crippen molar-refractivity contribution in [3.8, 4) is 0 Å². The molecule has 0 fully saturated rings. The van der Waals surface area contributed by atoms with Crippen LogP contribution in [0.25, 0.3) is 0 Å². The fraction of sp³-hybridized carbons (Fsp3) is 0.158. The van der Waals surface area contributed by atoms with Gasteiger partial charge < -0.3 is 16.4 Å². The lowest BCUT2D eigenvalue weighted by molar-refractivity contribution is -0.113. The molecule has 2 aromatic carbocycles. The predicted octanol–water partition coefficient (Wildman–Crippen LogP) is 3.38. The van der Waals surface area contributed by atoms with Gasteiger partial charge in [-0.25, -0.2) is 0 Å². The summed E-state index contributed by atoms with van der Waals surface area (Å²) in [6.07, 6.45) is 0. The number of para-hydroxylation sites is 1. The van der Waals surface area contributed by atoms with Crippen molar-refractivity contribution in [3.63, 3.8) is 0 Å². The number of nitrogens with one attached hydrogen (secondary N) is 2. The number of carbonyl (C=O) groups is 1. The number of nitrogens with two attached hydrogens (primary N) is 1. The van der Waals surface area contributed by atoms with Gasteiger partial charge in [0.2, 0.25) is 17.8 Å². The summed E-state index contributed by atoms with van der Waals surface area (Å²) in [6, 6.07) is 17.2. The van der Waals surface area contributed by atoms with Crippen LogP contribution < -0.4 is 16.4 Å². The topological polar surface area (TPSA) is 106 Å². The average molecular weight is 380 g/mol. The Hall–Kier alpha value is -3.13. The molecule has 0 aliphatic heterocycles. The SMILES string of the molecule is Cc1ccc(NC(=O)CSCc2nc(N)nc(Nc3ccccc3)n2)cc1. The van der Waals surface area contributed by atoms with Gasteiger partial charge in [-0.1, -0.05) is 35.9 Å². The van der Waals surface area contributed by atoms with Crippen molar-refractivity contribution < 1.29 is 4.79 Å². The second-order valence-electron chi connectivity index (χ2n) is 5.83. The highest BCUT2D eigenvalue weighted by Crippen LogP contribution is 2.16. The molecule has 0 radical (unpaired) electrons. The van der Waals surface area contributed by atoms with E-state index in [1.165, 1.54) is 11.8 Å². The smallest absolute Gasteiger partial charge is 0.234 e. The van der Waals surface area contributed by atoms with Crippen molar-refractivity contribution in [1.82, 2.24) is 15.0 Å². The van der Waals surface area contributed by atoms with Crippen molar-refractivity contribution in [2.75, 3.05) is 22.1 Å². The molecular formula is C19H20N6OS. The van der Waals surface area contributed by atoms with E-state index in [0.717, 1.165) is 16.9 Å². The summed E-state index contributed by atoms with van der Waals surface area (Å²) in [7, 11) is 0. The highest BCUT2D eigenvalue weighted by molar-refractivity contribution is 7.99. The summed E-state index contributed by atoms with van der Waals surface area (Å²) in [5, 5.41) is 5.95. The van der Waals surface area contributed by atoms with Crippen LogP contribution in [0, 0.1) is 6.92 Å². The molecular weight excluding hydrogens is 360 g/mol. The van der Waals surface area contributed by atoms with Crippen LogP contribution >= 0.6 is 11.8 Å². The number of anilines is 4. The minimum atomic E-state index is -0.0754. The highest BCUT2D eigenvalue weighted by atomic mass is 32.2. The molecule has 0 aliphatic carbocycles. The Balaban J connectivity index is 1.53. The molecule has 1 heterocycles. The van der Waals surface area contributed by atoms with Crippen molar-refractivity contribution in [2.45, 2.75) is 12.7 Å². The van der Waals surface area contributed by atoms with Crippen molar-refractivity contribution in [1.29, 1.82) is 0 Å². The van der Waals surface area contributed by atoms with E-state index in [1.54, 1.807) is 0 Å². The molecule has 3 aromatic rings. The molecule has 0 atom stereocenters. The lowest BCUT2D eigenvalue weighted by Gasteiger charge is -2.08. The zero-order valence-corrected chi connectivity index (χ0v) is 15.7. The first-order chi connectivity index (χ1) is 13.1. The number of nitrogens with zero attached hydrogens (tertiary/aromatic N) is 3. The third-order valence-corrected chi connectivity index (χ3v) is 4.46. The van der Waals surface area contributed by atoms with Gasteiger partial charge in [0.1, 0.15) is 5.82 Å². The maximum atomic E-state index is 12.0. The maximum Gasteiger partial charge on any atom is 0.234 e. The van der Waals surface area contributed by atoms with Gasteiger partial charge in [-0.05, 0) is 31.2 Å². The van der Waals surface area contributed by atoms with Crippen LogP contribution in [-0.2, 0) is 10.5 Å². The Morgan fingerprint density at radius 3 is 2.48 bits per heavy atom. The van der Waals surface area contributed by atoms with Gasteiger partial charge in [0, 0.05) is 11.4 Å². The van der Waals surface area contributed by atoms with Crippen LogP contribution in [-0.4, -0.2) is 26.6 Å². The van der Waals surface area contributed by atoms with Crippen LogP contribution in [0.3, 0.4) is 0 Å². The Kier molecular flexibility index (Phi) is 6.22. The van der Waals surface area contributed by atoms with Crippen LogP contribution in [0.1, 0.15) is 11.4 Å². The minimum absolute atomic E-state index is 0.0754. The van der Waals surface area contributed by atoms with Gasteiger partial charge in [-0.2, -0.15) is 15.0 Å². The lowest BCUT2D eigenvalue weighted by atomic mass is 10.2. The van der Waals surface area contributed by atoms with E-state index in [-0.39, 0.29) is 11.9 Å². The number of amides is 1. The summed E-state index contributed by atoms with van der Waals surface area (Å²) >= 11 is 1.41. The Morgan fingerprint density at radius 2 is 1.74 bits per heavy atom. The molecule has 7 nitrogen and oxygen atoms in total. The van der Waals surface area contributed by atoms with Gasteiger partial charge in [-0.3, -0.25) is 4.79 Å². The van der Waals surface area contributed by atoms with Crippen LogP contribution in [0.4, 0.5) is 23.3 Å². The Labute approximate surface area is 161 Å². The van der Waals surface area contributed by atoms with E-state index in [0.29, 0.717) is 23.3 Å². The summed E-state index contributed by atoms with van der Waals surface area (Å²) in [6.45, 7) is 2.00. The van der Waals surface area contributed by atoms with Gasteiger partial charge >= 0.3 is 0 Å². The van der Waals surface area contributed by atoms with Gasteiger partial charge in [-0.15, -0.1) is 11.8 Å². The number of aromatic nitrogens is 3. The molecule has 138 valence electrons. The summed E-state index contributed by atoms with van der Waals surface area (Å²) in [5.74, 6) is 1.72. The molecule has 4 N–H and O–H groups in total. The third-order valence-electron chi connectivity index (χ3n) is 3.53. The fourth-order valence-corrected chi connectivity index (χ4v) is 2.95. The number of rotatable bonds is 7. The molecule has 8 heteroatoms. The average Bonchev–Trinajstić information content (AvgIpc) is 2.64. The molecule has 1 amide bonds. The zero-order valence-electron chi connectivity index (χ0n) is 14.8. The highest BCUT2D eigenvalue weighted by Gasteiger charge is 2.08. The maximum absolute atomic E-state index is 12.0. The van der Waals surface area contributed by atoms with E-state index in [4.69, 9.17) is 5.73 Å². The number of hydrogen-bond donors (Lipinski definition) is 3. The normalized spacial score (nSPS) is 10.4. The summed E-state index contributed by atoms with van der Waals surface area (Å²) in [5.41, 5.74) is 8.56. The Bertz CT molecular complexity index is 902. The van der Waals surface area contributed by atoms with Crippen LogP contribution in [0.2, 0.25) is 0 Å². The molecule has 0 saturated heterocycles. The second-order valence-corrected chi connectivity index (χ2v) is 6.82. The summed E-state index contributed by atoms with van der Waals surface area (Å²) in [4.78, 5) is 24.6. The van der Waals surface area contributed by atoms with E-state index in [2.05, 4.69) is 25.6 Å². The lowest BCUT2D eigenvalue weighted by Crippen LogP contribution is -2.14. The van der Waals surface area contributed by atoms with E-state index >= 15 is 0 Å². The first-order valence-electron chi connectivity index (χ1n) is 8.35. The Morgan fingerprint density at radius 1 is 1.00 bits per heavy atom. The first kappa shape index (κ1) is 18.7. The fourth-order valence-electron chi connectivity index (χ4n) is 2.28. The number of benzene rings is 2. The van der Waals surface area contributed by atoms with E-state index < -0.39 is 0 Å². The first-order valence-corrected chi connectivity index (χ1v) is 9.51. The zero-order chi connectivity index (χ0) is 19.1. The molecule has 0 unspecified atom stereocenters. The van der Waals surface area contributed by atoms with Gasteiger partial charge in [0.05, 0.1) is 11.5 Å². The number of nitrogen functional groups attached to an aromatic ring is 1. The van der Waals surface area contributed by atoms with Crippen molar-refractivity contribution in [2.24, 2.45) is 0 Å². The molecule has 27 heavy (non-hydrogen) atoms. The largest absolute Gasteiger partial charge is 0.368 e. The van der Waals surface area contributed by atoms with Crippen molar-refractivity contribution >= 4 is 40.9 Å². The van der Waals surface area contributed by atoms with Crippen LogP contribution in [0.5, 0.6) is 0 Å². The van der Waals surface area contributed by atoms with Gasteiger partial charge in [0.15, 0.2) is 0 Å². The summed E-state index contributed by atoms with van der Waals surface area (Å²) < 4.78 is 0. The molecule has 0 aliphatic rings. The standard InChI is InChI=1S/C19H20N6OS/c1-13-7-9-15(10-8-13)21-17(26)12-27-11-16-23-18(20)25-19(24-16)22-14-5-3-2-4-6-14/h2-10H,11-12H2,1H3,(H,21,26)(H3,20,22,23,24,25). The molecule has 1 aromatic heterocycles. The van der Waals surface area contributed by atoms with Gasteiger partial charge in [0.25, 0.3) is 0 Å². The molecule has 3 rings (SSSR count). The van der Waals surface area contributed by atoms with Crippen LogP contribution in [0.15, 0.2) is 54.6 Å². The van der Waals surface area contributed by atoms with Crippen molar-refractivity contribution in [3.05, 3.63) is 66.0 Å². The predicted molar refractivity (Wildman–Crippen MR) is 110 cm³/mol. The number of hydrogen-bond acceptors (Lipinski definition) is 7. The number of aryl methyl sites for hydroxylation is 1. The molecule has 0 spiro atoms. The molecule has 0 saturated carbocycles. The molecule has 0 bridgehead atoms. The third kappa shape index (κ3) is 5.96. The quantitative estimate of drug-likeness (QED) is 0.577. The van der Waals surface area contributed by atoms with E-state index in [9.17, 15) is 4.79 Å². The number of carbonyl (C=O) groups excluding carboxylic acids is 1. The monoisotopic (exact) mass is 380 g/mol. The second kappa shape index (κ2) is 9.00. The van der Waals surface area contributed by atoms with E-state index in [1.807, 2.05) is 61.5 Å². The number of thioether (sulfide) groups is 1.